The van der Waals surface area contributed by atoms with Crippen molar-refractivity contribution in [3.8, 4) is 11.1 Å². The number of nitrogens with two attached hydrogens (primary N) is 1. The van der Waals surface area contributed by atoms with Crippen LogP contribution in [0.15, 0.2) is 59.1 Å². The van der Waals surface area contributed by atoms with Crippen molar-refractivity contribution < 1.29 is 0 Å². The van der Waals surface area contributed by atoms with Crippen LogP contribution in [0.1, 0.15) is 12.5 Å². The summed E-state index contributed by atoms with van der Waals surface area (Å²) in [6.45, 7) is 2.67. The first-order valence-electron chi connectivity index (χ1n) is 5.94. The van der Waals surface area contributed by atoms with Gasteiger partial charge in [0.05, 0.1) is 0 Å². The van der Waals surface area contributed by atoms with Crippen LogP contribution in [0.25, 0.3) is 16.7 Å². The van der Waals surface area contributed by atoms with Crippen LogP contribution in [0.3, 0.4) is 0 Å². The van der Waals surface area contributed by atoms with Gasteiger partial charge in [0, 0.05) is 11.0 Å². The smallest absolute Gasteiger partial charge is 0.0181 e. The predicted molar refractivity (Wildman–Crippen MR) is 82.3 cm³/mol. The van der Waals surface area contributed by atoms with Crippen molar-refractivity contribution in [2.45, 2.75) is 6.92 Å². The van der Waals surface area contributed by atoms with Gasteiger partial charge in [-0.2, -0.15) is 0 Å². The molecule has 2 aromatic rings. The molecule has 0 unspecified atom stereocenters. The largest absolute Gasteiger partial charge is 0.327 e. The van der Waals surface area contributed by atoms with Crippen molar-refractivity contribution in [3.05, 3.63) is 64.6 Å². The minimum Gasteiger partial charge on any atom is -0.327 e. The monoisotopic (exact) mass is 301 g/mol. The van der Waals surface area contributed by atoms with Crippen molar-refractivity contribution in [3.63, 3.8) is 0 Å². The molecule has 0 aliphatic carbocycles. The molecule has 0 heterocycles. The number of halogens is 1. The van der Waals surface area contributed by atoms with Crippen molar-refractivity contribution in [1.82, 2.24) is 0 Å². The maximum Gasteiger partial charge on any atom is 0.0181 e. The molecular weight excluding hydrogens is 286 g/mol. The molecule has 0 aliphatic heterocycles. The molecule has 0 aromatic heterocycles. The second-order valence-corrected chi connectivity index (χ2v) is 5.13. The van der Waals surface area contributed by atoms with E-state index in [1.807, 2.05) is 18.2 Å². The highest BCUT2D eigenvalue weighted by Crippen LogP contribution is 2.24. The summed E-state index contributed by atoms with van der Waals surface area (Å²) in [6, 6.07) is 16.9. The van der Waals surface area contributed by atoms with Crippen LogP contribution in [-0.4, -0.2) is 6.54 Å². The average Bonchev–Trinajstić information content (AvgIpc) is 2.39. The van der Waals surface area contributed by atoms with E-state index in [-0.39, 0.29) is 0 Å². The highest BCUT2D eigenvalue weighted by atomic mass is 79.9. The zero-order valence-electron chi connectivity index (χ0n) is 10.4. The third-order valence-corrected chi connectivity index (χ3v) is 3.42. The minimum atomic E-state index is 0.583. The SMILES string of the molecule is CC(=CCN)c1ccc(-c2cccc(Br)c2)cc1. The lowest BCUT2D eigenvalue weighted by Gasteiger charge is -2.05. The van der Waals surface area contributed by atoms with Crippen LogP contribution in [0.4, 0.5) is 0 Å². The molecule has 0 spiro atoms. The topological polar surface area (TPSA) is 26.0 Å². The lowest BCUT2D eigenvalue weighted by molar-refractivity contribution is 1.25. The van der Waals surface area contributed by atoms with Crippen molar-refractivity contribution in [2.75, 3.05) is 6.54 Å². The van der Waals surface area contributed by atoms with E-state index in [2.05, 4.69) is 59.3 Å². The second-order valence-electron chi connectivity index (χ2n) is 4.21. The quantitative estimate of drug-likeness (QED) is 0.889. The maximum absolute atomic E-state index is 5.52. The Labute approximate surface area is 116 Å². The van der Waals surface area contributed by atoms with Crippen molar-refractivity contribution in [1.29, 1.82) is 0 Å². The second kappa shape index (κ2) is 5.98. The standard InChI is InChI=1S/C16H16BrN/c1-12(9-10-18)13-5-7-14(8-6-13)15-3-2-4-16(17)11-15/h2-9,11H,10,18H2,1H3. The Bertz CT molecular complexity index is 556. The van der Waals surface area contributed by atoms with E-state index in [9.17, 15) is 0 Å². The van der Waals surface area contributed by atoms with E-state index in [0.717, 1.165) is 4.47 Å². The number of rotatable bonds is 3. The van der Waals surface area contributed by atoms with Crippen LogP contribution in [0, 0.1) is 0 Å². The molecule has 0 saturated carbocycles. The molecule has 0 saturated heterocycles. The Balaban J connectivity index is 2.30. The van der Waals surface area contributed by atoms with Gasteiger partial charge in [-0.3, -0.25) is 0 Å². The Hall–Kier alpha value is -1.38. The predicted octanol–water partition coefficient (Wildman–Crippen LogP) is 4.48. The van der Waals surface area contributed by atoms with Crippen molar-refractivity contribution >= 4 is 21.5 Å². The van der Waals surface area contributed by atoms with Gasteiger partial charge in [-0.15, -0.1) is 0 Å². The lowest BCUT2D eigenvalue weighted by atomic mass is 10.0. The van der Waals surface area contributed by atoms with Crippen LogP contribution >= 0.6 is 15.9 Å². The Morgan fingerprint density at radius 3 is 2.44 bits per heavy atom. The molecule has 2 aromatic carbocycles. The van der Waals surface area contributed by atoms with Crippen molar-refractivity contribution in [2.24, 2.45) is 5.73 Å². The van der Waals surface area contributed by atoms with E-state index in [0.29, 0.717) is 6.54 Å². The van der Waals surface area contributed by atoms with Gasteiger partial charge in [0.15, 0.2) is 0 Å². The normalized spacial score (nSPS) is 11.6. The molecule has 0 atom stereocenters. The van der Waals surface area contributed by atoms with Crippen LogP contribution in [-0.2, 0) is 0 Å². The molecule has 18 heavy (non-hydrogen) atoms. The first kappa shape index (κ1) is 13.1. The van der Waals surface area contributed by atoms with Gasteiger partial charge < -0.3 is 5.73 Å². The van der Waals surface area contributed by atoms with E-state index in [1.54, 1.807) is 0 Å². The molecule has 0 aliphatic rings. The average molecular weight is 302 g/mol. The molecule has 0 radical (unpaired) electrons. The highest BCUT2D eigenvalue weighted by molar-refractivity contribution is 9.10. The van der Waals surface area contributed by atoms with Gasteiger partial charge in [-0.1, -0.05) is 58.4 Å². The van der Waals surface area contributed by atoms with E-state index < -0.39 is 0 Å². The van der Waals surface area contributed by atoms with Crippen LogP contribution < -0.4 is 5.73 Å². The number of hydrogen-bond donors (Lipinski definition) is 1. The zero-order chi connectivity index (χ0) is 13.0. The Kier molecular flexibility index (Phi) is 4.34. The van der Waals surface area contributed by atoms with Gasteiger partial charge in [0.25, 0.3) is 0 Å². The fourth-order valence-corrected chi connectivity index (χ4v) is 2.29. The Morgan fingerprint density at radius 2 is 1.83 bits per heavy atom. The molecule has 2 rings (SSSR count). The summed E-state index contributed by atoms with van der Waals surface area (Å²) in [5.74, 6) is 0. The summed E-state index contributed by atoms with van der Waals surface area (Å²) in [4.78, 5) is 0. The van der Waals surface area contributed by atoms with Gasteiger partial charge in [0.1, 0.15) is 0 Å². The molecular formula is C16H16BrN. The molecule has 0 bridgehead atoms. The summed E-state index contributed by atoms with van der Waals surface area (Å²) in [7, 11) is 0. The number of allylic oxidation sites excluding steroid dienone is 1. The fraction of sp³-hybridized carbons (Fsp3) is 0.125. The summed E-state index contributed by atoms with van der Waals surface area (Å²) < 4.78 is 1.10. The molecule has 1 nitrogen and oxygen atoms in total. The third kappa shape index (κ3) is 3.09. The molecule has 2 N–H and O–H groups in total. The Morgan fingerprint density at radius 1 is 1.11 bits per heavy atom. The van der Waals surface area contributed by atoms with Gasteiger partial charge in [-0.25, -0.2) is 0 Å². The summed E-state index contributed by atoms with van der Waals surface area (Å²) >= 11 is 3.49. The zero-order valence-corrected chi connectivity index (χ0v) is 11.9. The fourth-order valence-electron chi connectivity index (χ4n) is 1.89. The first-order chi connectivity index (χ1) is 8.70. The number of benzene rings is 2. The van der Waals surface area contributed by atoms with Crippen LogP contribution in [0.5, 0.6) is 0 Å². The highest BCUT2D eigenvalue weighted by Gasteiger charge is 1.99. The summed E-state index contributed by atoms with van der Waals surface area (Å²) in [5.41, 5.74) is 10.4. The number of hydrogen-bond acceptors (Lipinski definition) is 1. The minimum absolute atomic E-state index is 0.583. The van der Waals surface area contributed by atoms with Gasteiger partial charge >= 0.3 is 0 Å². The van der Waals surface area contributed by atoms with Gasteiger partial charge in [-0.05, 0) is 41.3 Å². The third-order valence-electron chi connectivity index (χ3n) is 2.92. The molecule has 92 valence electrons. The van der Waals surface area contributed by atoms with Crippen LogP contribution in [0.2, 0.25) is 0 Å². The van der Waals surface area contributed by atoms with E-state index >= 15 is 0 Å². The maximum atomic E-state index is 5.52. The summed E-state index contributed by atoms with van der Waals surface area (Å²) in [6.07, 6.45) is 2.04. The molecule has 2 heteroatoms. The van der Waals surface area contributed by atoms with E-state index in [1.165, 1.54) is 22.3 Å². The van der Waals surface area contributed by atoms with E-state index in [4.69, 9.17) is 5.73 Å². The molecule has 0 amide bonds. The molecule has 0 fully saturated rings. The first-order valence-corrected chi connectivity index (χ1v) is 6.73. The lowest BCUT2D eigenvalue weighted by Crippen LogP contribution is -1.94. The van der Waals surface area contributed by atoms with Gasteiger partial charge in [0.2, 0.25) is 0 Å². The summed E-state index contributed by atoms with van der Waals surface area (Å²) in [5, 5.41) is 0.